The molecule has 0 saturated heterocycles. The van der Waals surface area contributed by atoms with Crippen LogP contribution in [0.5, 0.6) is 0 Å². The van der Waals surface area contributed by atoms with E-state index in [-0.39, 0.29) is 17.5 Å². The molecular formula is C17H18F6N2O. The first-order valence-electron chi connectivity index (χ1n) is 7.71. The number of rotatable bonds is 3. The number of aliphatic hydroxyl groups is 1. The summed E-state index contributed by atoms with van der Waals surface area (Å²) in [5.41, 5.74) is -4.29. The number of aromatic nitrogens is 1. The Morgan fingerprint density at radius 3 is 2.15 bits per heavy atom. The number of hydrogen-bond donors (Lipinski definition) is 2. The lowest BCUT2D eigenvalue weighted by atomic mass is 9.98. The van der Waals surface area contributed by atoms with Gasteiger partial charge in [-0.2, -0.15) is 26.3 Å². The highest BCUT2D eigenvalue weighted by molar-refractivity contribution is 5.86. The zero-order valence-corrected chi connectivity index (χ0v) is 14.3. The average Bonchev–Trinajstić information content (AvgIpc) is 2.48. The fourth-order valence-electron chi connectivity index (χ4n) is 2.44. The molecule has 2 N–H and O–H groups in total. The number of para-hydroxylation sites is 1. The molecule has 1 heterocycles. The zero-order valence-electron chi connectivity index (χ0n) is 14.3. The number of nitrogens with one attached hydrogen (secondary N) is 1. The number of hydrogen-bond acceptors (Lipinski definition) is 3. The van der Waals surface area contributed by atoms with E-state index in [1.165, 1.54) is 6.07 Å². The van der Waals surface area contributed by atoms with Gasteiger partial charge in [0, 0.05) is 17.5 Å². The van der Waals surface area contributed by atoms with E-state index in [4.69, 9.17) is 0 Å². The average molecular weight is 380 g/mol. The molecule has 0 amide bonds. The van der Waals surface area contributed by atoms with Gasteiger partial charge in [0.25, 0.3) is 0 Å². The number of nitrogens with zero attached hydrogens (tertiary/aromatic N) is 1. The van der Waals surface area contributed by atoms with Crippen molar-refractivity contribution in [3.05, 3.63) is 41.1 Å². The molecule has 0 spiro atoms. The minimum absolute atomic E-state index is 0.129. The molecule has 2 rings (SSSR count). The maximum Gasteiger partial charge on any atom is 0.433 e. The lowest BCUT2D eigenvalue weighted by Gasteiger charge is -2.24. The quantitative estimate of drug-likeness (QED) is 0.759. The molecule has 1 atom stereocenters. The third kappa shape index (κ3) is 4.64. The van der Waals surface area contributed by atoms with Gasteiger partial charge in [-0.3, -0.25) is 0 Å². The minimum Gasteiger partial charge on any atom is -0.387 e. The van der Waals surface area contributed by atoms with Crippen molar-refractivity contribution in [2.45, 2.75) is 44.8 Å². The molecule has 0 aliphatic carbocycles. The molecule has 2 aromatic rings. The summed E-state index contributed by atoms with van der Waals surface area (Å²) in [6.07, 6.45) is -11.3. The summed E-state index contributed by atoms with van der Waals surface area (Å²) in [6.45, 7) is 5.23. The molecule has 0 saturated carbocycles. The van der Waals surface area contributed by atoms with Crippen LogP contribution in [-0.2, 0) is 12.4 Å². The zero-order chi connectivity index (χ0) is 19.9. The third-order valence-electron chi connectivity index (χ3n) is 3.65. The number of alkyl halides is 6. The fourth-order valence-corrected chi connectivity index (χ4v) is 2.44. The number of benzene rings is 1. The van der Waals surface area contributed by atoms with Crippen molar-refractivity contribution < 1.29 is 31.4 Å². The SMILES string of the molecule is CC(C)(C)NCC(O)c1cc(C(F)(F)F)nc2c(C(F)(F)F)cccc12. The standard InChI is InChI=1S/C17H18F6N2O/c1-15(2,3)24-8-12(26)10-7-13(17(21,22)23)25-14-9(10)5-4-6-11(14)16(18,19)20/h4-7,12,24,26H,8H2,1-3H3. The van der Waals surface area contributed by atoms with Crippen LogP contribution in [0.3, 0.4) is 0 Å². The summed E-state index contributed by atoms with van der Waals surface area (Å²) in [5.74, 6) is 0. The van der Waals surface area contributed by atoms with E-state index in [0.717, 1.165) is 6.07 Å². The molecule has 0 aliphatic heterocycles. The van der Waals surface area contributed by atoms with Crippen molar-refractivity contribution in [3.8, 4) is 0 Å². The second-order valence-corrected chi connectivity index (χ2v) is 6.94. The lowest BCUT2D eigenvalue weighted by molar-refractivity contribution is -0.142. The lowest BCUT2D eigenvalue weighted by Crippen LogP contribution is -2.38. The van der Waals surface area contributed by atoms with Gasteiger partial charge in [-0.1, -0.05) is 12.1 Å². The Bertz CT molecular complexity index is 793. The predicted octanol–water partition coefficient (Wildman–Crippen LogP) is 4.69. The molecular weight excluding hydrogens is 362 g/mol. The van der Waals surface area contributed by atoms with Crippen LogP contribution < -0.4 is 5.32 Å². The Morgan fingerprint density at radius 2 is 1.65 bits per heavy atom. The molecule has 0 aliphatic rings. The van der Waals surface area contributed by atoms with Crippen molar-refractivity contribution in [3.63, 3.8) is 0 Å². The normalized spacial score (nSPS) is 14.7. The highest BCUT2D eigenvalue weighted by Gasteiger charge is 2.38. The van der Waals surface area contributed by atoms with Gasteiger partial charge in [-0.15, -0.1) is 0 Å². The number of halogens is 6. The maximum absolute atomic E-state index is 13.2. The van der Waals surface area contributed by atoms with E-state index in [9.17, 15) is 31.4 Å². The van der Waals surface area contributed by atoms with Crippen LogP contribution in [0, 0.1) is 0 Å². The first-order chi connectivity index (χ1) is 11.7. The summed E-state index contributed by atoms with van der Waals surface area (Å²) in [7, 11) is 0. The smallest absolute Gasteiger partial charge is 0.387 e. The van der Waals surface area contributed by atoms with Crippen molar-refractivity contribution >= 4 is 10.9 Å². The van der Waals surface area contributed by atoms with E-state index in [1.807, 2.05) is 0 Å². The van der Waals surface area contributed by atoms with Crippen LogP contribution in [0.4, 0.5) is 26.3 Å². The molecule has 1 aromatic carbocycles. The van der Waals surface area contributed by atoms with E-state index >= 15 is 0 Å². The van der Waals surface area contributed by atoms with Crippen LogP contribution in [0.15, 0.2) is 24.3 Å². The number of pyridine rings is 1. The third-order valence-corrected chi connectivity index (χ3v) is 3.65. The highest BCUT2D eigenvalue weighted by atomic mass is 19.4. The summed E-state index contributed by atoms with van der Waals surface area (Å²) in [6, 6.07) is 3.55. The second kappa shape index (κ2) is 6.70. The highest BCUT2D eigenvalue weighted by Crippen LogP contribution is 2.38. The Labute approximate surface area is 146 Å². The Balaban J connectivity index is 2.68. The summed E-state index contributed by atoms with van der Waals surface area (Å²) < 4.78 is 78.9. The molecule has 0 bridgehead atoms. The minimum atomic E-state index is -4.95. The monoisotopic (exact) mass is 380 g/mol. The molecule has 0 radical (unpaired) electrons. The van der Waals surface area contributed by atoms with Gasteiger partial charge in [-0.05, 0) is 38.5 Å². The number of fused-ring (bicyclic) bond motifs is 1. The van der Waals surface area contributed by atoms with Gasteiger partial charge in [0.15, 0.2) is 0 Å². The van der Waals surface area contributed by atoms with Crippen LogP contribution in [0.25, 0.3) is 10.9 Å². The predicted molar refractivity (Wildman–Crippen MR) is 84.5 cm³/mol. The van der Waals surface area contributed by atoms with Crippen molar-refractivity contribution in [1.29, 1.82) is 0 Å². The first-order valence-corrected chi connectivity index (χ1v) is 7.71. The topological polar surface area (TPSA) is 45.1 Å². The van der Waals surface area contributed by atoms with Gasteiger partial charge >= 0.3 is 12.4 Å². The van der Waals surface area contributed by atoms with Crippen LogP contribution >= 0.6 is 0 Å². The van der Waals surface area contributed by atoms with E-state index in [1.54, 1.807) is 20.8 Å². The summed E-state index contributed by atoms with van der Waals surface area (Å²) in [4.78, 5) is 3.19. The number of aliphatic hydroxyl groups excluding tert-OH is 1. The largest absolute Gasteiger partial charge is 0.433 e. The van der Waals surface area contributed by atoms with Gasteiger partial charge in [0.2, 0.25) is 0 Å². The van der Waals surface area contributed by atoms with Crippen molar-refractivity contribution in [1.82, 2.24) is 10.3 Å². The molecule has 26 heavy (non-hydrogen) atoms. The molecule has 0 fully saturated rings. The van der Waals surface area contributed by atoms with Crippen molar-refractivity contribution in [2.24, 2.45) is 0 Å². The van der Waals surface area contributed by atoms with Crippen LogP contribution in [0.1, 0.15) is 43.7 Å². The first kappa shape index (κ1) is 20.4. The van der Waals surface area contributed by atoms with E-state index in [2.05, 4.69) is 10.3 Å². The molecule has 1 unspecified atom stereocenters. The Morgan fingerprint density at radius 1 is 1.04 bits per heavy atom. The molecule has 144 valence electrons. The molecule has 3 nitrogen and oxygen atoms in total. The van der Waals surface area contributed by atoms with E-state index < -0.39 is 40.8 Å². The van der Waals surface area contributed by atoms with Gasteiger partial charge < -0.3 is 10.4 Å². The Kier molecular flexibility index (Phi) is 5.26. The van der Waals surface area contributed by atoms with Gasteiger partial charge in [-0.25, -0.2) is 4.98 Å². The second-order valence-electron chi connectivity index (χ2n) is 6.94. The van der Waals surface area contributed by atoms with Gasteiger partial charge in [0.1, 0.15) is 5.69 Å². The molecule has 1 aromatic heterocycles. The fraction of sp³-hybridized carbons (Fsp3) is 0.471. The van der Waals surface area contributed by atoms with E-state index in [0.29, 0.717) is 12.1 Å². The summed E-state index contributed by atoms with van der Waals surface area (Å²) in [5, 5.41) is 13.1. The van der Waals surface area contributed by atoms with Crippen LogP contribution in [-0.4, -0.2) is 22.2 Å². The maximum atomic E-state index is 13.2. The summed E-state index contributed by atoms with van der Waals surface area (Å²) >= 11 is 0. The Hall–Kier alpha value is -1.87. The number of β-amino-alcohol motifs (C(OH)–C–C–N with tert-alkyl or cyclic N) is 1. The molecule has 9 heteroatoms. The van der Waals surface area contributed by atoms with Crippen molar-refractivity contribution in [2.75, 3.05) is 6.54 Å². The van der Waals surface area contributed by atoms with Gasteiger partial charge in [0.05, 0.1) is 17.2 Å². The van der Waals surface area contributed by atoms with Crippen LogP contribution in [0.2, 0.25) is 0 Å².